The first-order chi connectivity index (χ1) is 9.61. The van der Waals surface area contributed by atoms with E-state index in [1.165, 1.54) is 18.4 Å². The van der Waals surface area contributed by atoms with E-state index in [1.807, 2.05) is 32.0 Å². The van der Waals surface area contributed by atoms with Crippen LogP contribution in [0.1, 0.15) is 29.9 Å². The van der Waals surface area contributed by atoms with Gasteiger partial charge in [-0.05, 0) is 62.2 Å². The monoisotopic (exact) mass is 308 g/mol. The summed E-state index contributed by atoms with van der Waals surface area (Å²) in [4.78, 5) is 5.56. The molecule has 0 saturated heterocycles. The molecule has 0 unspecified atom stereocenters. The molecule has 5 heteroatoms. The van der Waals surface area contributed by atoms with Crippen LogP contribution >= 0.6 is 23.4 Å². The molecule has 1 fully saturated rings. The van der Waals surface area contributed by atoms with Crippen molar-refractivity contribution in [3.8, 4) is 0 Å². The zero-order valence-corrected chi connectivity index (χ0v) is 13.1. The largest absolute Gasteiger partial charge is 0.436 e. The van der Waals surface area contributed by atoms with Crippen LogP contribution < -0.4 is 5.32 Å². The number of aryl methyl sites for hydroxylation is 2. The van der Waals surface area contributed by atoms with Gasteiger partial charge < -0.3 is 9.73 Å². The Kier molecular flexibility index (Phi) is 4.06. The third kappa shape index (κ3) is 3.37. The number of nitrogens with one attached hydrogen (secondary N) is 1. The topological polar surface area (TPSA) is 38.1 Å². The molecule has 0 amide bonds. The van der Waals surface area contributed by atoms with Gasteiger partial charge in [0.1, 0.15) is 5.76 Å². The molecule has 0 radical (unpaired) electrons. The number of nitrogens with zero attached hydrogens (tertiary/aromatic N) is 1. The van der Waals surface area contributed by atoms with E-state index in [-0.39, 0.29) is 0 Å². The number of hydrogen-bond acceptors (Lipinski definition) is 4. The van der Waals surface area contributed by atoms with Crippen molar-refractivity contribution in [3.63, 3.8) is 0 Å². The van der Waals surface area contributed by atoms with E-state index in [4.69, 9.17) is 16.0 Å². The Morgan fingerprint density at radius 3 is 2.85 bits per heavy atom. The summed E-state index contributed by atoms with van der Waals surface area (Å²) in [5.41, 5.74) is 2.14. The molecule has 1 aliphatic rings. The maximum atomic E-state index is 6.10. The fourth-order valence-corrected chi connectivity index (χ4v) is 3.04. The van der Waals surface area contributed by atoms with E-state index in [2.05, 4.69) is 10.3 Å². The molecule has 1 heterocycles. The highest BCUT2D eigenvalue weighted by molar-refractivity contribution is 7.99. The highest BCUT2D eigenvalue weighted by Crippen LogP contribution is 2.33. The molecule has 0 atom stereocenters. The summed E-state index contributed by atoms with van der Waals surface area (Å²) in [7, 11) is 0. The molecule has 1 aromatic carbocycles. The van der Waals surface area contributed by atoms with Gasteiger partial charge in [-0.3, -0.25) is 0 Å². The van der Waals surface area contributed by atoms with Crippen LogP contribution in [-0.2, 0) is 6.54 Å². The predicted octanol–water partition coefficient (Wildman–Crippen LogP) is 4.35. The first kappa shape index (κ1) is 14.0. The number of benzene rings is 1. The van der Waals surface area contributed by atoms with Crippen molar-refractivity contribution < 1.29 is 4.42 Å². The summed E-state index contributed by atoms with van der Waals surface area (Å²) in [6, 6.07) is 6.64. The lowest BCUT2D eigenvalue weighted by Crippen LogP contribution is -2.15. The van der Waals surface area contributed by atoms with Crippen molar-refractivity contribution in [2.75, 3.05) is 0 Å². The van der Waals surface area contributed by atoms with Gasteiger partial charge in [0, 0.05) is 22.5 Å². The number of oxazole rings is 1. The summed E-state index contributed by atoms with van der Waals surface area (Å²) in [5.74, 6) is 0.874. The second-order valence-electron chi connectivity index (χ2n) is 5.13. The standard InChI is InChI=1S/C15H17ClN2OS/c1-9-10(2)19-15(18-9)20-14-6-3-12(16)7-11(14)8-17-13-4-5-13/h3,6-7,13,17H,4-5,8H2,1-2H3. The summed E-state index contributed by atoms with van der Waals surface area (Å²) in [6.07, 6.45) is 2.56. The van der Waals surface area contributed by atoms with Gasteiger partial charge in [-0.2, -0.15) is 0 Å². The van der Waals surface area contributed by atoms with Crippen molar-refractivity contribution in [1.29, 1.82) is 0 Å². The second kappa shape index (κ2) is 5.80. The first-order valence-corrected chi connectivity index (χ1v) is 7.95. The van der Waals surface area contributed by atoms with Gasteiger partial charge in [-0.25, -0.2) is 4.98 Å². The molecular formula is C15H17ClN2OS. The highest BCUT2D eigenvalue weighted by atomic mass is 35.5. The maximum Gasteiger partial charge on any atom is 0.261 e. The van der Waals surface area contributed by atoms with Gasteiger partial charge in [0.05, 0.1) is 5.69 Å². The number of aromatic nitrogens is 1. The van der Waals surface area contributed by atoms with Crippen molar-refractivity contribution in [2.45, 2.75) is 49.4 Å². The SMILES string of the molecule is Cc1nc(Sc2ccc(Cl)cc2CNC2CC2)oc1C. The molecule has 1 aromatic heterocycles. The van der Waals surface area contributed by atoms with Crippen LogP contribution in [0, 0.1) is 13.8 Å². The fourth-order valence-electron chi connectivity index (χ4n) is 1.91. The minimum atomic E-state index is 0.679. The van der Waals surface area contributed by atoms with E-state index in [0.29, 0.717) is 11.3 Å². The fraction of sp³-hybridized carbons (Fsp3) is 0.400. The van der Waals surface area contributed by atoms with E-state index in [0.717, 1.165) is 27.9 Å². The molecule has 0 aliphatic heterocycles. The van der Waals surface area contributed by atoms with Crippen LogP contribution in [0.4, 0.5) is 0 Å². The van der Waals surface area contributed by atoms with Gasteiger partial charge in [-0.15, -0.1) is 0 Å². The summed E-state index contributed by atoms with van der Waals surface area (Å²) in [5, 5.41) is 4.98. The third-order valence-electron chi connectivity index (χ3n) is 3.39. The first-order valence-electron chi connectivity index (χ1n) is 6.75. The van der Waals surface area contributed by atoms with E-state index >= 15 is 0 Å². The number of halogens is 1. The van der Waals surface area contributed by atoms with Gasteiger partial charge in [0.15, 0.2) is 0 Å². The average molecular weight is 309 g/mol. The van der Waals surface area contributed by atoms with Crippen LogP contribution in [0.25, 0.3) is 0 Å². The molecule has 0 spiro atoms. The van der Waals surface area contributed by atoms with E-state index in [1.54, 1.807) is 11.8 Å². The van der Waals surface area contributed by atoms with Gasteiger partial charge in [0.2, 0.25) is 0 Å². The molecule has 2 aromatic rings. The normalized spacial score (nSPS) is 14.8. The quantitative estimate of drug-likeness (QED) is 0.891. The van der Waals surface area contributed by atoms with E-state index < -0.39 is 0 Å². The maximum absolute atomic E-state index is 6.10. The van der Waals surface area contributed by atoms with Crippen molar-refractivity contribution in [2.24, 2.45) is 0 Å². The molecule has 3 rings (SSSR count). The summed E-state index contributed by atoms with van der Waals surface area (Å²) in [6.45, 7) is 4.73. The average Bonchev–Trinajstić information content (AvgIpc) is 3.17. The molecule has 3 nitrogen and oxygen atoms in total. The van der Waals surface area contributed by atoms with Crippen molar-refractivity contribution in [1.82, 2.24) is 10.3 Å². The number of rotatable bonds is 5. The minimum Gasteiger partial charge on any atom is -0.436 e. The third-order valence-corrected chi connectivity index (χ3v) is 4.59. The molecular weight excluding hydrogens is 292 g/mol. The number of hydrogen-bond donors (Lipinski definition) is 1. The predicted molar refractivity (Wildman–Crippen MR) is 81.4 cm³/mol. The van der Waals surface area contributed by atoms with Crippen LogP contribution in [-0.4, -0.2) is 11.0 Å². The Morgan fingerprint density at radius 2 is 2.20 bits per heavy atom. The molecule has 20 heavy (non-hydrogen) atoms. The lowest BCUT2D eigenvalue weighted by Gasteiger charge is -2.09. The summed E-state index contributed by atoms with van der Waals surface area (Å²) >= 11 is 7.66. The van der Waals surface area contributed by atoms with Gasteiger partial charge in [-0.1, -0.05) is 11.6 Å². The van der Waals surface area contributed by atoms with Crippen LogP contribution in [0.5, 0.6) is 0 Å². The smallest absolute Gasteiger partial charge is 0.261 e. The van der Waals surface area contributed by atoms with Gasteiger partial charge in [0.25, 0.3) is 5.22 Å². The highest BCUT2D eigenvalue weighted by Gasteiger charge is 2.21. The van der Waals surface area contributed by atoms with E-state index in [9.17, 15) is 0 Å². The minimum absolute atomic E-state index is 0.679. The van der Waals surface area contributed by atoms with Gasteiger partial charge >= 0.3 is 0 Å². The lowest BCUT2D eigenvalue weighted by atomic mass is 10.2. The van der Waals surface area contributed by atoms with Crippen molar-refractivity contribution in [3.05, 3.63) is 40.2 Å². The van der Waals surface area contributed by atoms with Crippen LogP contribution in [0.15, 0.2) is 32.7 Å². The second-order valence-corrected chi connectivity index (χ2v) is 6.56. The Hall–Kier alpha value is -0.970. The summed E-state index contributed by atoms with van der Waals surface area (Å²) < 4.78 is 5.64. The Balaban J connectivity index is 1.79. The van der Waals surface area contributed by atoms with Crippen LogP contribution in [0.2, 0.25) is 5.02 Å². The molecule has 1 aliphatic carbocycles. The Morgan fingerprint density at radius 1 is 1.40 bits per heavy atom. The molecule has 106 valence electrons. The zero-order valence-electron chi connectivity index (χ0n) is 11.6. The Bertz CT molecular complexity index is 603. The zero-order chi connectivity index (χ0) is 14.1. The Labute approximate surface area is 128 Å². The molecule has 0 bridgehead atoms. The molecule has 1 N–H and O–H groups in total. The van der Waals surface area contributed by atoms with Crippen LogP contribution in [0.3, 0.4) is 0 Å². The lowest BCUT2D eigenvalue weighted by molar-refractivity contribution is 0.431. The van der Waals surface area contributed by atoms with Crippen molar-refractivity contribution >= 4 is 23.4 Å². The molecule has 1 saturated carbocycles.